The zero-order chi connectivity index (χ0) is 21.5. The molecule has 3 aliphatic rings. The highest BCUT2D eigenvalue weighted by Crippen LogP contribution is 2.36. The summed E-state index contributed by atoms with van der Waals surface area (Å²) in [5, 5.41) is 0. The number of carbonyl (C=O) groups is 3. The zero-order valence-corrected chi connectivity index (χ0v) is 17.6. The van der Waals surface area contributed by atoms with Crippen molar-refractivity contribution >= 4 is 17.8 Å². The van der Waals surface area contributed by atoms with Crippen LogP contribution in [0.15, 0.2) is 54.6 Å². The standard InChI is InChI=1S/C25H26N2O4/c1-26-17-11-12-18(26)15-19(14-17)31-25(30)22(13-16-7-3-2-4-8-16)27-23(28)20-9-5-6-10-21(20)24(27)29/h2-10,17-19,22H,11-15H2,1H3/t17-,18+,19?,22-/m1/s1. The van der Waals surface area contributed by atoms with Crippen molar-refractivity contribution in [3.05, 3.63) is 71.3 Å². The number of benzene rings is 2. The minimum Gasteiger partial charge on any atom is -0.461 e. The first-order valence-electron chi connectivity index (χ1n) is 11.0. The summed E-state index contributed by atoms with van der Waals surface area (Å²) in [6.45, 7) is 0. The number of rotatable bonds is 5. The van der Waals surface area contributed by atoms with E-state index >= 15 is 0 Å². The van der Waals surface area contributed by atoms with Crippen LogP contribution >= 0.6 is 0 Å². The summed E-state index contributed by atoms with van der Waals surface area (Å²) in [5.41, 5.74) is 1.57. The number of esters is 1. The third kappa shape index (κ3) is 3.55. The van der Waals surface area contributed by atoms with E-state index in [-0.39, 0.29) is 12.5 Å². The fourth-order valence-electron chi connectivity index (χ4n) is 5.31. The van der Waals surface area contributed by atoms with E-state index in [4.69, 9.17) is 4.74 Å². The Balaban J connectivity index is 1.41. The van der Waals surface area contributed by atoms with E-state index in [0.717, 1.165) is 36.1 Å². The average molecular weight is 418 g/mol. The van der Waals surface area contributed by atoms with E-state index < -0.39 is 23.8 Å². The molecule has 2 aromatic carbocycles. The molecule has 0 spiro atoms. The molecule has 0 aromatic heterocycles. The molecule has 0 aliphatic carbocycles. The van der Waals surface area contributed by atoms with Crippen molar-refractivity contribution in [2.75, 3.05) is 7.05 Å². The van der Waals surface area contributed by atoms with Crippen LogP contribution in [0.1, 0.15) is 52.0 Å². The van der Waals surface area contributed by atoms with Crippen molar-refractivity contribution in [2.45, 2.75) is 56.3 Å². The predicted octanol–water partition coefficient (Wildman–Crippen LogP) is 3.06. The van der Waals surface area contributed by atoms with Gasteiger partial charge in [0.25, 0.3) is 11.8 Å². The lowest BCUT2D eigenvalue weighted by molar-refractivity contribution is -0.157. The van der Waals surface area contributed by atoms with E-state index in [1.807, 2.05) is 30.3 Å². The molecule has 3 heterocycles. The normalized spacial score (nSPS) is 26.1. The van der Waals surface area contributed by atoms with Gasteiger partial charge in [-0.1, -0.05) is 42.5 Å². The molecule has 2 saturated heterocycles. The Morgan fingerprint density at radius 2 is 1.48 bits per heavy atom. The molecule has 31 heavy (non-hydrogen) atoms. The van der Waals surface area contributed by atoms with Gasteiger partial charge in [0.1, 0.15) is 12.1 Å². The third-order valence-corrected chi connectivity index (χ3v) is 7.02. The van der Waals surface area contributed by atoms with E-state index in [9.17, 15) is 14.4 Å². The Bertz CT molecular complexity index is 972. The van der Waals surface area contributed by atoms with Crippen LogP contribution in [0.3, 0.4) is 0 Å². The van der Waals surface area contributed by atoms with E-state index in [1.54, 1.807) is 24.3 Å². The van der Waals surface area contributed by atoms with Crippen molar-refractivity contribution in [3.63, 3.8) is 0 Å². The molecule has 2 fully saturated rings. The van der Waals surface area contributed by atoms with Crippen LogP contribution in [0.2, 0.25) is 0 Å². The summed E-state index contributed by atoms with van der Waals surface area (Å²) in [7, 11) is 2.14. The lowest BCUT2D eigenvalue weighted by atomic mass is 10.00. The highest BCUT2D eigenvalue weighted by Gasteiger charge is 2.45. The first-order valence-corrected chi connectivity index (χ1v) is 11.0. The maximum Gasteiger partial charge on any atom is 0.330 e. The van der Waals surface area contributed by atoms with Gasteiger partial charge in [0, 0.05) is 18.5 Å². The summed E-state index contributed by atoms with van der Waals surface area (Å²) in [5.74, 6) is -1.35. The van der Waals surface area contributed by atoms with E-state index in [1.165, 1.54) is 0 Å². The van der Waals surface area contributed by atoms with Gasteiger partial charge in [-0.05, 0) is 50.4 Å². The molecular formula is C25H26N2O4. The van der Waals surface area contributed by atoms with E-state index in [0.29, 0.717) is 23.2 Å². The topological polar surface area (TPSA) is 66.9 Å². The number of hydrogen-bond donors (Lipinski definition) is 0. The molecule has 3 aliphatic heterocycles. The maximum absolute atomic E-state index is 13.4. The Kier molecular flexibility index (Phi) is 5.10. The van der Waals surface area contributed by atoms with Crippen LogP contribution < -0.4 is 0 Å². The van der Waals surface area contributed by atoms with Crippen LogP contribution in [0, 0.1) is 0 Å². The number of fused-ring (bicyclic) bond motifs is 3. The average Bonchev–Trinajstić information content (AvgIpc) is 3.13. The van der Waals surface area contributed by atoms with E-state index in [2.05, 4.69) is 11.9 Å². The number of amides is 2. The number of ether oxygens (including phenoxy) is 1. The summed E-state index contributed by atoms with van der Waals surface area (Å²) in [6.07, 6.45) is 3.93. The maximum atomic E-state index is 13.4. The fraction of sp³-hybridized carbons (Fsp3) is 0.400. The van der Waals surface area contributed by atoms with Crippen molar-refractivity contribution in [2.24, 2.45) is 0 Å². The van der Waals surface area contributed by atoms with Gasteiger partial charge >= 0.3 is 5.97 Å². The molecular weight excluding hydrogens is 392 g/mol. The SMILES string of the molecule is CN1[C@@H]2CC[C@H]1CC(OC(=O)[C@@H](Cc1ccccc1)N1C(=O)c3ccccc3C1=O)C2. The molecule has 1 unspecified atom stereocenters. The molecule has 2 amide bonds. The quantitative estimate of drug-likeness (QED) is 0.552. The molecule has 0 radical (unpaired) electrons. The Morgan fingerprint density at radius 3 is 2.06 bits per heavy atom. The Labute approximate surface area is 181 Å². The minimum atomic E-state index is -0.980. The van der Waals surface area contributed by atoms with Crippen LogP contribution in [-0.2, 0) is 16.0 Å². The highest BCUT2D eigenvalue weighted by atomic mass is 16.5. The van der Waals surface area contributed by atoms with Gasteiger partial charge in [0.2, 0.25) is 0 Å². The largest absolute Gasteiger partial charge is 0.461 e. The monoisotopic (exact) mass is 418 g/mol. The summed E-state index contributed by atoms with van der Waals surface area (Å²) >= 11 is 0. The summed E-state index contributed by atoms with van der Waals surface area (Å²) in [6, 6.07) is 16.1. The number of hydrogen-bond acceptors (Lipinski definition) is 5. The van der Waals surface area contributed by atoms with Crippen molar-refractivity contribution in [1.82, 2.24) is 9.80 Å². The first kappa shape index (κ1) is 19.9. The number of piperidine rings is 1. The molecule has 6 heteroatoms. The van der Waals surface area contributed by atoms with Crippen LogP contribution in [0.5, 0.6) is 0 Å². The van der Waals surface area contributed by atoms with Crippen LogP contribution in [0.25, 0.3) is 0 Å². The lowest BCUT2D eigenvalue weighted by Crippen LogP contribution is -2.49. The summed E-state index contributed by atoms with van der Waals surface area (Å²) in [4.78, 5) is 43.0. The van der Waals surface area contributed by atoms with Gasteiger partial charge < -0.3 is 9.64 Å². The molecule has 4 atom stereocenters. The van der Waals surface area contributed by atoms with Gasteiger partial charge in [-0.3, -0.25) is 14.5 Å². The molecule has 2 bridgehead atoms. The molecule has 0 saturated carbocycles. The fourth-order valence-corrected chi connectivity index (χ4v) is 5.31. The first-order chi connectivity index (χ1) is 15.0. The predicted molar refractivity (Wildman–Crippen MR) is 115 cm³/mol. The molecule has 2 aromatic rings. The number of nitrogens with zero attached hydrogens (tertiary/aromatic N) is 2. The van der Waals surface area contributed by atoms with Gasteiger partial charge in [0.15, 0.2) is 0 Å². The second kappa shape index (κ2) is 7.93. The second-order valence-corrected chi connectivity index (χ2v) is 8.81. The van der Waals surface area contributed by atoms with Gasteiger partial charge in [-0.2, -0.15) is 0 Å². The number of carbonyl (C=O) groups excluding carboxylic acids is 3. The van der Waals surface area contributed by atoms with Crippen LogP contribution in [0.4, 0.5) is 0 Å². The Hall–Kier alpha value is -2.99. The molecule has 0 N–H and O–H groups in total. The molecule has 160 valence electrons. The van der Waals surface area contributed by atoms with Crippen molar-refractivity contribution in [3.8, 4) is 0 Å². The van der Waals surface area contributed by atoms with Gasteiger partial charge in [-0.25, -0.2) is 4.79 Å². The van der Waals surface area contributed by atoms with Crippen molar-refractivity contribution < 1.29 is 19.1 Å². The third-order valence-electron chi connectivity index (χ3n) is 7.02. The molecule has 5 rings (SSSR count). The smallest absolute Gasteiger partial charge is 0.330 e. The zero-order valence-electron chi connectivity index (χ0n) is 17.6. The van der Waals surface area contributed by atoms with Gasteiger partial charge in [0.05, 0.1) is 11.1 Å². The van der Waals surface area contributed by atoms with Gasteiger partial charge in [-0.15, -0.1) is 0 Å². The lowest BCUT2D eigenvalue weighted by Gasteiger charge is -2.36. The minimum absolute atomic E-state index is 0.172. The highest BCUT2D eigenvalue weighted by molar-refractivity contribution is 6.22. The van der Waals surface area contributed by atoms with Crippen molar-refractivity contribution in [1.29, 1.82) is 0 Å². The summed E-state index contributed by atoms with van der Waals surface area (Å²) < 4.78 is 5.95. The molecule has 6 nitrogen and oxygen atoms in total. The van der Waals surface area contributed by atoms with Crippen LogP contribution in [-0.4, -0.2) is 58.9 Å². The second-order valence-electron chi connectivity index (χ2n) is 8.81. The Morgan fingerprint density at radius 1 is 0.935 bits per heavy atom. The number of imide groups is 1.